The SMILES string of the molecule is CC1=[C-]C(C)C(C)=C1C.CC1=[C-]C(C)C(C)=C1C.Cl.Cl.[SiH2]=[Zr].[c-]1ccccc1.[c-]1ccccc1. The second kappa shape index (κ2) is 22.5. The summed E-state index contributed by atoms with van der Waals surface area (Å²) in [5.41, 5.74) is 8.49. The van der Waals surface area contributed by atoms with Crippen molar-refractivity contribution < 1.29 is 23.3 Å². The van der Waals surface area contributed by atoms with E-state index >= 15 is 0 Å². The minimum absolute atomic E-state index is 0. The molecule has 2 aromatic carbocycles. The maximum Gasteiger partial charge on any atom is -0.171 e. The van der Waals surface area contributed by atoms with Gasteiger partial charge in [0.05, 0.1) is 0 Å². The summed E-state index contributed by atoms with van der Waals surface area (Å²) in [5, 5.41) is 0. The van der Waals surface area contributed by atoms with E-state index in [0.717, 1.165) is 0 Å². The van der Waals surface area contributed by atoms with E-state index in [-0.39, 0.29) is 24.8 Å². The van der Waals surface area contributed by atoms with Crippen molar-refractivity contribution in [3.05, 3.63) is 118 Å². The molecular weight excluding hydrogens is 551 g/mol. The van der Waals surface area contributed by atoms with Gasteiger partial charge in [-0.3, -0.25) is 12.2 Å². The molecule has 186 valence electrons. The molecule has 34 heavy (non-hydrogen) atoms. The first-order chi connectivity index (χ1) is 15.3. The summed E-state index contributed by atoms with van der Waals surface area (Å²) in [7, 11) is 0. The summed E-state index contributed by atoms with van der Waals surface area (Å²) in [4.78, 5) is 0. The second-order valence-corrected chi connectivity index (χ2v) is 7.75. The summed E-state index contributed by atoms with van der Waals surface area (Å²) in [6, 6.07) is 25.0. The molecule has 2 aliphatic carbocycles. The van der Waals surface area contributed by atoms with Gasteiger partial charge in [0.25, 0.3) is 0 Å². The van der Waals surface area contributed by atoms with Crippen molar-refractivity contribution in [3.63, 3.8) is 0 Å². The maximum atomic E-state index is 3.36. The van der Waals surface area contributed by atoms with Gasteiger partial charge in [0.1, 0.15) is 0 Å². The largest absolute Gasteiger partial charge is 0.184 e. The Kier molecular flexibility index (Phi) is 24.9. The predicted octanol–water partition coefficient (Wildman–Crippen LogP) is 8.34. The molecule has 0 amide bonds. The molecule has 4 heteroatoms. The van der Waals surface area contributed by atoms with Gasteiger partial charge in [0, 0.05) is 0 Å². The van der Waals surface area contributed by atoms with Crippen molar-refractivity contribution in [3.8, 4) is 0 Å². The van der Waals surface area contributed by atoms with Crippen LogP contribution in [0, 0.1) is 36.1 Å². The van der Waals surface area contributed by atoms with Crippen LogP contribution < -0.4 is 0 Å². The van der Waals surface area contributed by atoms with Gasteiger partial charge in [-0.15, -0.1) is 38.7 Å². The van der Waals surface area contributed by atoms with Gasteiger partial charge in [0.15, 0.2) is 0 Å². The van der Waals surface area contributed by atoms with E-state index in [9.17, 15) is 0 Å². The molecular formula is C30H40Cl2SiZr-4. The quantitative estimate of drug-likeness (QED) is 0.214. The third kappa shape index (κ3) is 15.2. The van der Waals surface area contributed by atoms with E-state index in [1.54, 1.807) is 23.3 Å². The average Bonchev–Trinajstić information content (AvgIpc) is 3.20. The van der Waals surface area contributed by atoms with Crippen LogP contribution in [0.25, 0.3) is 0 Å². The maximum absolute atomic E-state index is 3.36. The van der Waals surface area contributed by atoms with Crippen molar-refractivity contribution in [2.24, 2.45) is 11.8 Å². The number of hydrogen-bond donors (Lipinski definition) is 0. The van der Waals surface area contributed by atoms with Gasteiger partial charge in [-0.2, -0.15) is 95.1 Å². The molecule has 2 unspecified atom stereocenters. The Labute approximate surface area is 239 Å². The number of rotatable bonds is 0. The van der Waals surface area contributed by atoms with Gasteiger partial charge in [-0.25, -0.2) is 11.1 Å². The fourth-order valence-electron chi connectivity index (χ4n) is 3.01. The topological polar surface area (TPSA) is 0 Å². The first kappa shape index (κ1) is 37.6. The monoisotopic (exact) mass is 588 g/mol. The Morgan fingerprint density at radius 3 is 0.882 bits per heavy atom. The molecule has 4 rings (SSSR count). The molecule has 2 aliphatic rings. The molecule has 0 nitrogen and oxygen atoms in total. The van der Waals surface area contributed by atoms with Crippen LogP contribution in [-0.4, -0.2) is 6.88 Å². The summed E-state index contributed by atoms with van der Waals surface area (Å²) in [6.07, 6.45) is 6.72. The first-order valence-electron chi connectivity index (χ1n) is 11.0. The van der Waals surface area contributed by atoms with Gasteiger partial charge in [0.2, 0.25) is 0 Å². The van der Waals surface area contributed by atoms with Crippen molar-refractivity contribution in [2.75, 3.05) is 0 Å². The van der Waals surface area contributed by atoms with E-state index in [4.69, 9.17) is 0 Å². The van der Waals surface area contributed by atoms with Gasteiger partial charge < -0.3 is 0 Å². The standard InChI is InChI=1S/2C9H13.2C6H5.2ClH.H2Si.Zr/c2*1-6-5-7(2)9(4)8(6)3;2*1-2-4-6-5-3-1;;;;/h2*6H,1-4H3;2*1-5H;2*1H;1H2;/q4*-1;;;;. The van der Waals surface area contributed by atoms with E-state index in [0.29, 0.717) is 11.8 Å². The molecule has 0 spiro atoms. The minimum Gasteiger partial charge on any atom is -0.184 e. The molecule has 0 saturated carbocycles. The summed E-state index contributed by atoms with van der Waals surface area (Å²) in [5.74, 6) is 1.12. The number of benzene rings is 2. The van der Waals surface area contributed by atoms with Crippen LogP contribution in [0.5, 0.6) is 0 Å². The molecule has 0 saturated heterocycles. The van der Waals surface area contributed by atoms with Gasteiger partial charge in [-0.1, -0.05) is 53.4 Å². The van der Waals surface area contributed by atoms with Crippen LogP contribution in [-0.2, 0) is 23.3 Å². The van der Waals surface area contributed by atoms with Crippen LogP contribution in [0.4, 0.5) is 0 Å². The molecule has 2 atom stereocenters. The fourth-order valence-corrected chi connectivity index (χ4v) is 3.01. The molecule has 0 bridgehead atoms. The summed E-state index contributed by atoms with van der Waals surface area (Å²) >= 11 is 1.58. The molecule has 0 aromatic heterocycles. The van der Waals surface area contributed by atoms with Crippen LogP contribution in [0.2, 0.25) is 0 Å². The minimum atomic E-state index is 0. The van der Waals surface area contributed by atoms with Crippen LogP contribution in [0.1, 0.15) is 55.4 Å². The van der Waals surface area contributed by atoms with Gasteiger partial charge >= 0.3 is 30.2 Å². The summed E-state index contributed by atoms with van der Waals surface area (Å²) < 4.78 is 0. The number of halogens is 2. The van der Waals surface area contributed by atoms with Crippen molar-refractivity contribution in [2.45, 2.75) is 55.4 Å². The van der Waals surface area contributed by atoms with Crippen LogP contribution in [0.3, 0.4) is 0 Å². The molecule has 2 aromatic rings. The first-order valence-corrected chi connectivity index (χ1v) is 16.9. The Hall–Kier alpha value is -0.920. The van der Waals surface area contributed by atoms with Gasteiger partial charge in [-0.05, 0) is 0 Å². The third-order valence-electron chi connectivity index (χ3n) is 5.69. The Morgan fingerprint density at radius 2 is 0.824 bits per heavy atom. The molecule has 0 aliphatic heterocycles. The number of hydrogen-bond acceptors (Lipinski definition) is 0. The van der Waals surface area contributed by atoms with E-state index < -0.39 is 0 Å². The van der Waals surface area contributed by atoms with Crippen molar-refractivity contribution in [1.29, 1.82) is 0 Å². The van der Waals surface area contributed by atoms with Crippen LogP contribution in [0.15, 0.2) is 94.1 Å². The van der Waals surface area contributed by atoms with Crippen molar-refractivity contribution >= 4 is 31.7 Å². The molecule has 0 N–H and O–H groups in total. The molecule has 0 fully saturated rings. The van der Waals surface area contributed by atoms with E-state index in [2.05, 4.69) is 79.7 Å². The zero-order valence-electron chi connectivity index (χ0n) is 22.0. The van der Waals surface area contributed by atoms with E-state index in [1.807, 2.05) is 67.5 Å². The Morgan fingerprint density at radius 1 is 0.559 bits per heavy atom. The van der Waals surface area contributed by atoms with E-state index in [1.165, 1.54) is 33.4 Å². The molecule has 0 heterocycles. The average molecular weight is 591 g/mol. The normalized spacial score (nSPS) is 17.3. The zero-order valence-corrected chi connectivity index (χ0v) is 27.5. The van der Waals surface area contributed by atoms with Crippen LogP contribution >= 0.6 is 24.8 Å². The summed E-state index contributed by atoms with van der Waals surface area (Å²) in [6.45, 7) is 19.3. The Balaban J connectivity index is -0.000000366. The third-order valence-corrected chi connectivity index (χ3v) is 5.69. The zero-order chi connectivity index (χ0) is 24.5. The van der Waals surface area contributed by atoms with Crippen molar-refractivity contribution in [1.82, 2.24) is 0 Å². The molecule has 0 radical (unpaired) electrons. The fraction of sp³-hybridized carbons (Fsp3) is 0.333. The Bertz CT molecular complexity index is 771. The number of allylic oxidation sites excluding steroid dienone is 8. The predicted molar refractivity (Wildman–Crippen MR) is 154 cm³/mol. The second-order valence-electron chi connectivity index (χ2n) is 7.75. The smallest absolute Gasteiger partial charge is 0.171 e.